The lowest BCUT2D eigenvalue weighted by molar-refractivity contribution is -0.197. The number of aliphatic hydroxyl groups excluding tert-OH is 2. The highest BCUT2D eigenvalue weighted by Gasteiger charge is 2.59. The summed E-state index contributed by atoms with van der Waals surface area (Å²) in [6, 6.07) is 0. The third kappa shape index (κ3) is 1.49. The molecule has 0 aromatic heterocycles. The number of carbonyl (C=O) groups excluding carboxylic acids is 3. The van der Waals surface area contributed by atoms with Crippen molar-refractivity contribution in [3.05, 3.63) is 0 Å². The van der Waals surface area contributed by atoms with Gasteiger partial charge in [0.2, 0.25) is 5.60 Å². The highest BCUT2D eigenvalue weighted by Crippen LogP contribution is 2.42. The minimum absolute atomic E-state index is 0.258. The molecule has 82 valence electrons. The molecular weight excluding hydrogens is 208 g/mol. The molecule has 0 aromatic rings. The summed E-state index contributed by atoms with van der Waals surface area (Å²) in [7, 11) is 0. The van der Waals surface area contributed by atoms with Gasteiger partial charge in [-0.25, -0.2) is 14.4 Å². The van der Waals surface area contributed by atoms with E-state index >= 15 is 0 Å². The Hall–Kier alpha value is -1.47. The molecule has 0 bridgehead atoms. The highest BCUT2D eigenvalue weighted by atomic mass is 16.6. The molecule has 0 aromatic carbocycles. The molecule has 7 nitrogen and oxygen atoms in total. The normalized spacial score (nSPS) is 34.1. The topological polar surface area (TPSA) is 110 Å². The zero-order valence-corrected chi connectivity index (χ0v) is 7.50. The Morgan fingerprint density at radius 3 is 2.13 bits per heavy atom. The van der Waals surface area contributed by atoms with Gasteiger partial charge in [0.15, 0.2) is 12.2 Å². The number of cyclic esters (lactones) is 2. The van der Waals surface area contributed by atoms with Crippen LogP contribution in [0.15, 0.2) is 0 Å². The number of hydrogen-bond acceptors (Lipinski definition) is 7. The van der Waals surface area contributed by atoms with Gasteiger partial charge in [0.25, 0.3) is 0 Å². The second-order valence-electron chi connectivity index (χ2n) is 3.51. The van der Waals surface area contributed by atoms with Gasteiger partial charge in [0.1, 0.15) is 0 Å². The first-order chi connectivity index (χ1) is 6.96. The quantitative estimate of drug-likeness (QED) is 0.351. The van der Waals surface area contributed by atoms with Crippen LogP contribution in [0, 0.1) is 0 Å². The van der Waals surface area contributed by atoms with Crippen LogP contribution in [-0.4, -0.2) is 45.9 Å². The summed E-state index contributed by atoms with van der Waals surface area (Å²) in [4.78, 5) is 33.4. The van der Waals surface area contributed by atoms with Gasteiger partial charge in [0.05, 0.1) is 0 Å². The number of esters is 3. The molecule has 1 saturated heterocycles. The van der Waals surface area contributed by atoms with Crippen LogP contribution in [0.1, 0.15) is 12.8 Å². The molecule has 7 heteroatoms. The van der Waals surface area contributed by atoms with Crippen molar-refractivity contribution in [2.24, 2.45) is 0 Å². The molecule has 2 aliphatic rings. The summed E-state index contributed by atoms with van der Waals surface area (Å²) in [6.45, 7) is 0. The van der Waals surface area contributed by atoms with Gasteiger partial charge in [-0.2, -0.15) is 0 Å². The lowest BCUT2D eigenvalue weighted by atomic mass is 10.2. The zero-order chi connectivity index (χ0) is 11.2. The van der Waals surface area contributed by atoms with Gasteiger partial charge in [-0.05, 0) is 0 Å². The van der Waals surface area contributed by atoms with Crippen molar-refractivity contribution in [2.45, 2.75) is 30.7 Å². The van der Waals surface area contributed by atoms with Gasteiger partial charge >= 0.3 is 17.9 Å². The van der Waals surface area contributed by atoms with Crippen LogP contribution in [0.2, 0.25) is 0 Å². The SMILES string of the molecule is O=C1OC(=O)C2(CC2)OC(=O)C(O)C1O. The predicted octanol–water partition coefficient (Wildman–Crippen LogP) is -2.13. The van der Waals surface area contributed by atoms with Gasteiger partial charge in [-0.1, -0.05) is 0 Å². The summed E-state index contributed by atoms with van der Waals surface area (Å²) in [5, 5.41) is 18.2. The molecule has 1 spiro atoms. The molecule has 0 radical (unpaired) electrons. The first kappa shape index (κ1) is 10.1. The van der Waals surface area contributed by atoms with Crippen molar-refractivity contribution in [3.8, 4) is 0 Å². The van der Waals surface area contributed by atoms with Crippen LogP contribution in [0.4, 0.5) is 0 Å². The third-order valence-electron chi connectivity index (χ3n) is 2.35. The molecule has 2 rings (SSSR count). The average molecular weight is 216 g/mol. The molecule has 0 amide bonds. The van der Waals surface area contributed by atoms with Crippen LogP contribution in [0.25, 0.3) is 0 Å². The molecule has 2 atom stereocenters. The van der Waals surface area contributed by atoms with E-state index in [0.717, 1.165) is 0 Å². The van der Waals surface area contributed by atoms with Crippen LogP contribution < -0.4 is 0 Å². The standard InChI is InChI=1S/C8H8O7/c9-3-4(10)6(12)15-8(1-2-8)7(13)14-5(3)11/h3-4,9-10H,1-2H2. The molecule has 2 N–H and O–H groups in total. The summed E-state index contributed by atoms with van der Waals surface area (Å²) >= 11 is 0. The van der Waals surface area contributed by atoms with Crippen LogP contribution >= 0.6 is 0 Å². The van der Waals surface area contributed by atoms with Crippen LogP contribution in [0.3, 0.4) is 0 Å². The zero-order valence-electron chi connectivity index (χ0n) is 7.50. The molecule has 1 aliphatic carbocycles. The minimum atomic E-state index is -2.09. The second-order valence-corrected chi connectivity index (χ2v) is 3.51. The van der Waals surface area contributed by atoms with E-state index in [9.17, 15) is 14.4 Å². The van der Waals surface area contributed by atoms with E-state index in [0.29, 0.717) is 0 Å². The van der Waals surface area contributed by atoms with Gasteiger partial charge in [-0.3, -0.25) is 0 Å². The maximum absolute atomic E-state index is 11.2. The third-order valence-corrected chi connectivity index (χ3v) is 2.35. The number of aliphatic hydroxyl groups is 2. The van der Waals surface area contributed by atoms with Gasteiger partial charge < -0.3 is 19.7 Å². The molecule has 1 heterocycles. The monoisotopic (exact) mass is 216 g/mol. The van der Waals surface area contributed by atoms with Crippen molar-refractivity contribution in [1.29, 1.82) is 0 Å². The van der Waals surface area contributed by atoms with E-state index in [1.807, 2.05) is 0 Å². The Kier molecular flexibility index (Phi) is 2.02. The molecule has 15 heavy (non-hydrogen) atoms. The van der Waals surface area contributed by atoms with Gasteiger partial charge in [0, 0.05) is 12.8 Å². The summed E-state index contributed by atoms with van der Waals surface area (Å²) < 4.78 is 8.89. The minimum Gasteiger partial charge on any atom is -0.445 e. The Morgan fingerprint density at radius 2 is 1.60 bits per heavy atom. The smallest absolute Gasteiger partial charge is 0.358 e. The van der Waals surface area contributed by atoms with Crippen molar-refractivity contribution in [3.63, 3.8) is 0 Å². The first-order valence-corrected chi connectivity index (χ1v) is 4.31. The van der Waals surface area contributed by atoms with E-state index in [1.165, 1.54) is 0 Å². The summed E-state index contributed by atoms with van der Waals surface area (Å²) in [6.07, 6.45) is -3.58. The molecule has 1 aliphatic heterocycles. The maximum Gasteiger partial charge on any atom is 0.358 e. The fraction of sp³-hybridized carbons (Fsp3) is 0.625. The van der Waals surface area contributed by atoms with E-state index in [1.54, 1.807) is 0 Å². The van der Waals surface area contributed by atoms with E-state index in [-0.39, 0.29) is 12.8 Å². The summed E-state index contributed by atoms with van der Waals surface area (Å²) in [5.74, 6) is -3.52. The Balaban J connectivity index is 2.26. The maximum atomic E-state index is 11.2. The number of carbonyl (C=O) groups is 3. The fourth-order valence-corrected chi connectivity index (χ4v) is 1.22. The average Bonchev–Trinajstić information content (AvgIpc) is 2.95. The van der Waals surface area contributed by atoms with Crippen molar-refractivity contribution in [1.82, 2.24) is 0 Å². The van der Waals surface area contributed by atoms with Gasteiger partial charge in [-0.15, -0.1) is 0 Å². The van der Waals surface area contributed by atoms with Crippen molar-refractivity contribution in [2.75, 3.05) is 0 Å². The fourth-order valence-electron chi connectivity index (χ4n) is 1.22. The molecular formula is C8H8O7. The Labute approximate surface area is 83.6 Å². The predicted molar refractivity (Wildman–Crippen MR) is 41.2 cm³/mol. The largest absolute Gasteiger partial charge is 0.445 e. The second kappa shape index (κ2) is 3.01. The molecule has 2 fully saturated rings. The van der Waals surface area contributed by atoms with E-state index in [4.69, 9.17) is 10.2 Å². The van der Waals surface area contributed by atoms with Crippen molar-refractivity contribution < 1.29 is 34.1 Å². The number of rotatable bonds is 0. The van der Waals surface area contributed by atoms with Crippen LogP contribution in [0.5, 0.6) is 0 Å². The van der Waals surface area contributed by atoms with Crippen LogP contribution in [-0.2, 0) is 23.9 Å². The lowest BCUT2D eigenvalue weighted by Gasteiger charge is -2.23. The Morgan fingerprint density at radius 1 is 1.07 bits per heavy atom. The number of hydrogen-bond donors (Lipinski definition) is 2. The molecule has 2 unspecified atom stereocenters. The Bertz CT molecular complexity index is 343. The van der Waals surface area contributed by atoms with E-state index < -0.39 is 35.7 Å². The highest BCUT2D eigenvalue weighted by molar-refractivity contribution is 5.99. The first-order valence-electron chi connectivity index (χ1n) is 4.31. The summed E-state index contributed by atoms with van der Waals surface area (Å²) in [5.41, 5.74) is -1.42. The van der Waals surface area contributed by atoms with Crippen molar-refractivity contribution >= 4 is 17.9 Å². The molecule has 1 saturated carbocycles. The number of ether oxygens (including phenoxy) is 2. The lowest BCUT2D eigenvalue weighted by Crippen LogP contribution is -2.49. The van der Waals surface area contributed by atoms with E-state index in [2.05, 4.69) is 9.47 Å².